The van der Waals surface area contributed by atoms with E-state index in [0.29, 0.717) is 19.0 Å². The van der Waals surface area contributed by atoms with Gasteiger partial charge in [-0.25, -0.2) is 9.97 Å². The highest BCUT2D eigenvalue weighted by molar-refractivity contribution is 9.10. The van der Waals surface area contributed by atoms with Crippen molar-refractivity contribution in [1.29, 1.82) is 0 Å². The Morgan fingerprint density at radius 2 is 2.00 bits per heavy atom. The van der Waals surface area contributed by atoms with Crippen LogP contribution in [0, 0.1) is 0 Å². The number of nitrogens with zero attached hydrogens (tertiary/aromatic N) is 3. The van der Waals surface area contributed by atoms with Crippen molar-refractivity contribution in [2.24, 2.45) is 0 Å². The van der Waals surface area contributed by atoms with Crippen LogP contribution in [0.2, 0.25) is 0 Å². The van der Waals surface area contributed by atoms with Gasteiger partial charge in [0.05, 0.1) is 10.6 Å². The van der Waals surface area contributed by atoms with E-state index in [0.717, 1.165) is 4.47 Å². The van der Waals surface area contributed by atoms with Crippen LogP contribution in [-0.4, -0.2) is 35.8 Å². The Bertz CT molecular complexity index is 329. The largest absolute Gasteiger partial charge is 0.345 e. The van der Waals surface area contributed by atoms with E-state index < -0.39 is 12.7 Å². The zero-order valence-electron chi connectivity index (χ0n) is 7.61. The molecule has 4 nitrogen and oxygen atoms in total. The first-order valence-electron chi connectivity index (χ1n) is 4.31. The summed E-state index contributed by atoms with van der Waals surface area (Å²) < 4.78 is 28.7. The lowest BCUT2D eigenvalue weighted by Crippen LogP contribution is -2.53. The summed E-state index contributed by atoms with van der Waals surface area (Å²) >= 11 is 3.21. The fourth-order valence-corrected chi connectivity index (χ4v) is 1.51. The second-order valence-corrected chi connectivity index (χ2v) is 4.04. The maximum atomic E-state index is 11.8. The fourth-order valence-electron chi connectivity index (χ4n) is 1.30. The first kappa shape index (κ1) is 10.7. The molecule has 1 saturated heterocycles. The molecule has 1 aliphatic heterocycles. The van der Waals surface area contributed by atoms with Crippen LogP contribution in [0.4, 0.5) is 14.7 Å². The number of aromatic nitrogens is 2. The molecule has 15 heavy (non-hydrogen) atoms. The maximum Gasteiger partial charge on any atom is 0.345 e. The highest BCUT2D eigenvalue weighted by Gasteiger charge is 2.31. The number of hydrogen-bond donors (Lipinski definition) is 0. The molecular weight excluding hydrogens is 272 g/mol. The van der Waals surface area contributed by atoms with Gasteiger partial charge in [0, 0.05) is 25.5 Å². The number of alkyl halides is 2. The minimum atomic E-state index is -2.71. The zero-order valence-corrected chi connectivity index (χ0v) is 9.19. The van der Waals surface area contributed by atoms with E-state index in [1.807, 2.05) is 0 Å². The van der Waals surface area contributed by atoms with Gasteiger partial charge in [0.1, 0.15) is 0 Å². The Morgan fingerprint density at radius 1 is 1.40 bits per heavy atom. The molecule has 82 valence electrons. The van der Waals surface area contributed by atoms with Gasteiger partial charge in [-0.15, -0.1) is 0 Å². The van der Waals surface area contributed by atoms with Gasteiger partial charge in [0.25, 0.3) is 0 Å². The molecular formula is C8H8BrF2N3O. The van der Waals surface area contributed by atoms with E-state index in [-0.39, 0.29) is 0 Å². The van der Waals surface area contributed by atoms with E-state index in [1.165, 1.54) is 0 Å². The molecule has 0 aliphatic carbocycles. The molecule has 0 spiro atoms. The summed E-state index contributed by atoms with van der Waals surface area (Å²) in [6.45, 7) is -1.89. The Hall–Kier alpha value is -0.820. The quantitative estimate of drug-likeness (QED) is 0.844. The molecule has 0 N–H and O–H groups in total. The summed E-state index contributed by atoms with van der Waals surface area (Å²) in [6, 6.07) is 0. The normalized spacial score (nSPS) is 16.9. The number of halogens is 3. The summed E-state index contributed by atoms with van der Waals surface area (Å²) in [7, 11) is 0. The highest BCUT2D eigenvalue weighted by Crippen LogP contribution is 2.20. The van der Waals surface area contributed by atoms with E-state index in [9.17, 15) is 8.78 Å². The lowest BCUT2D eigenvalue weighted by molar-refractivity contribution is -0.167. The van der Waals surface area contributed by atoms with Crippen LogP contribution in [0.3, 0.4) is 0 Å². The molecule has 0 saturated carbocycles. The predicted octanol–water partition coefficient (Wildman–Crippen LogP) is 1.67. The van der Waals surface area contributed by atoms with E-state index >= 15 is 0 Å². The van der Waals surface area contributed by atoms with Crippen LogP contribution in [-0.2, 0) is 4.74 Å². The van der Waals surface area contributed by atoms with Gasteiger partial charge in [-0.3, -0.25) is 0 Å². The minimum absolute atomic E-state index is 0.409. The Labute approximate surface area is 93.4 Å². The van der Waals surface area contributed by atoms with Gasteiger partial charge in [0.15, 0.2) is 0 Å². The second kappa shape index (κ2) is 4.36. The highest BCUT2D eigenvalue weighted by atomic mass is 79.9. The van der Waals surface area contributed by atoms with Crippen molar-refractivity contribution in [3.63, 3.8) is 0 Å². The van der Waals surface area contributed by atoms with Crippen LogP contribution in [0.5, 0.6) is 0 Å². The van der Waals surface area contributed by atoms with Gasteiger partial charge < -0.3 is 9.64 Å². The molecule has 0 amide bonds. The monoisotopic (exact) mass is 279 g/mol. The van der Waals surface area contributed by atoms with Crippen molar-refractivity contribution >= 4 is 21.9 Å². The second-order valence-electron chi connectivity index (χ2n) is 3.13. The van der Waals surface area contributed by atoms with E-state index in [1.54, 1.807) is 17.3 Å². The van der Waals surface area contributed by atoms with Gasteiger partial charge in [-0.1, -0.05) is 0 Å². The van der Waals surface area contributed by atoms with Crippen molar-refractivity contribution < 1.29 is 13.5 Å². The van der Waals surface area contributed by atoms with Crippen molar-refractivity contribution in [1.82, 2.24) is 9.97 Å². The molecule has 0 atom stereocenters. The average molecular weight is 280 g/mol. The SMILES string of the molecule is FC(F)OC1CN(c2ncc(Br)cn2)C1. The molecule has 1 fully saturated rings. The molecule has 1 aromatic heterocycles. The molecule has 2 rings (SSSR count). The topological polar surface area (TPSA) is 38.2 Å². The number of rotatable bonds is 3. The fraction of sp³-hybridized carbons (Fsp3) is 0.500. The zero-order chi connectivity index (χ0) is 10.8. The summed E-state index contributed by atoms with van der Waals surface area (Å²) in [5.41, 5.74) is 0. The average Bonchev–Trinajstić information content (AvgIpc) is 2.12. The Balaban J connectivity index is 1.86. The maximum absolute atomic E-state index is 11.8. The number of anilines is 1. The molecule has 0 aromatic carbocycles. The molecule has 2 heterocycles. The Kier molecular flexibility index (Phi) is 3.11. The lowest BCUT2D eigenvalue weighted by Gasteiger charge is -2.38. The molecule has 0 bridgehead atoms. The van der Waals surface area contributed by atoms with Crippen molar-refractivity contribution in [3.05, 3.63) is 16.9 Å². The summed E-state index contributed by atoms with van der Waals surface area (Å²) in [6.07, 6.45) is 2.81. The predicted molar refractivity (Wildman–Crippen MR) is 52.8 cm³/mol. The summed E-state index contributed by atoms with van der Waals surface area (Å²) in [5, 5.41) is 0. The minimum Gasteiger partial charge on any atom is -0.335 e. The van der Waals surface area contributed by atoms with Gasteiger partial charge in [0.2, 0.25) is 5.95 Å². The molecule has 7 heteroatoms. The first-order valence-corrected chi connectivity index (χ1v) is 5.10. The van der Waals surface area contributed by atoms with Crippen molar-refractivity contribution in [2.45, 2.75) is 12.7 Å². The van der Waals surface area contributed by atoms with Gasteiger partial charge in [-0.2, -0.15) is 8.78 Å². The first-order chi connectivity index (χ1) is 7.15. The third-order valence-electron chi connectivity index (χ3n) is 2.03. The lowest BCUT2D eigenvalue weighted by atomic mass is 10.2. The van der Waals surface area contributed by atoms with Crippen molar-refractivity contribution in [3.8, 4) is 0 Å². The van der Waals surface area contributed by atoms with Crippen molar-refractivity contribution in [2.75, 3.05) is 18.0 Å². The smallest absolute Gasteiger partial charge is 0.335 e. The molecule has 0 radical (unpaired) electrons. The third-order valence-corrected chi connectivity index (χ3v) is 2.44. The standard InChI is InChI=1S/C8H8BrF2N3O/c9-5-1-12-8(13-2-5)14-3-6(4-14)15-7(10)11/h1-2,6-7H,3-4H2. The Morgan fingerprint density at radius 3 is 2.53 bits per heavy atom. The van der Waals surface area contributed by atoms with Crippen LogP contribution in [0.1, 0.15) is 0 Å². The molecule has 1 aliphatic rings. The van der Waals surface area contributed by atoms with Crippen LogP contribution < -0.4 is 4.90 Å². The summed E-state index contributed by atoms with van der Waals surface area (Å²) in [4.78, 5) is 9.85. The van der Waals surface area contributed by atoms with Crippen LogP contribution in [0.25, 0.3) is 0 Å². The van der Waals surface area contributed by atoms with E-state index in [4.69, 9.17) is 0 Å². The number of hydrogen-bond acceptors (Lipinski definition) is 4. The van der Waals surface area contributed by atoms with Gasteiger partial charge >= 0.3 is 6.61 Å². The van der Waals surface area contributed by atoms with Gasteiger partial charge in [-0.05, 0) is 15.9 Å². The number of ether oxygens (including phenoxy) is 1. The molecule has 1 aromatic rings. The summed E-state index contributed by atoms with van der Waals surface area (Å²) in [5.74, 6) is 0.535. The van der Waals surface area contributed by atoms with Crippen LogP contribution in [0.15, 0.2) is 16.9 Å². The third kappa shape index (κ3) is 2.60. The molecule has 0 unspecified atom stereocenters. The van der Waals surface area contributed by atoms with E-state index in [2.05, 4.69) is 30.6 Å². The van der Waals surface area contributed by atoms with Crippen LogP contribution >= 0.6 is 15.9 Å².